The van der Waals surface area contributed by atoms with Crippen LogP contribution in [0.4, 0.5) is 0 Å². The lowest BCUT2D eigenvalue weighted by atomic mass is 10.2. The first-order chi connectivity index (χ1) is 7.54. The largest absolute Gasteiger partial charge is 0.468 e. The number of nitrogens with one attached hydrogen (secondary N) is 2. The number of aromatic amines is 1. The number of nitrogens with zero attached hydrogens (tertiary/aromatic N) is 2. The van der Waals surface area contributed by atoms with Crippen molar-refractivity contribution in [3.05, 3.63) is 11.6 Å². The van der Waals surface area contributed by atoms with Gasteiger partial charge in [-0.2, -0.15) is 0 Å². The van der Waals surface area contributed by atoms with Crippen molar-refractivity contribution in [2.45, 2.75) is 19.8 Å². The highest BCUT2D eigenvalue weighted by atomic mass is 16.5. The highest BCUT2D eigenvalue weighted by Gasteiger charge is 2.14. The van der Waals surface area contributed by atoms with E-state index in [1.165, 1.54) is 7.11 Å². The van der Waals surface area contributed by atoms with Gasteiger partial charge in [0, 0.05) is 5.92 Å². The first-order valence-corrected chi connectivity index (χ1v) is 4.82. The van der Waals surface area contributed by atoms with Crippen molar-refractivity contribution >= 4 is 11.9 Å². The van der Waals surface area contributed by atoms with Crippen LogP contribution in [0.25, 0.3) is 0 Å². The number of aromatic nitrogens is 3. The number of carbonyl (C=O) groups excluding carboxylic acids is 2. The predicted octanol–water partition coefficient (Wildman–Crippen LogP) is -0.169. The molecule has 0 aliphatic rings. The summed E-state index contributed by atoms with van der Waals surface area (Å²) in [5.41, 5.74) is 0. The van der Waals surface area contributed by atoms with Gasteiger partial charge in [0.2, 0.25) is 5.82 Å². The van der Waals surface area contributed by atoms with Crippen molar-refractivity contribution in [1.29, 1.82) is 0 Å². The van der Waals surface area contributed by atoms with Gasteiger partial charge in [0.05, 0.1) is 7.11 Å². The number of H-pyrrole nitrogens is 1. The highest BCUT2D eigenvalue weighted by molar-refractivity contribution is 5.92. The van der Waals surface area contributed by atoms with E-state index in [1.54, 1.807) is 0 Å². The van der Waals surface area contributed by atoms with Crippen molar-refractivity contribution < 1.29 is 14.3 Å². The minimum Gasteiger partial charge on any atom is -0.468 e. The number of amides is 1. The summed E-state index contributed by atoms with van der Waals surface area (Å²) in [5.74, 6) is -0.216. The molecule has 0 unspecified atom stereocenters. The zero-order valence-corrected chi connectivity index (χ0v) is 9.40. The number of carbonyl (C=O) groups is 2. The monoisotopic (exact) mass is 226 g/mol. The molecule has 0 aliphatic heterocycles. The molecule has 7 nitrogen and oxygen atoms in total. The van der Waals surface area contributed by atoms with Crippen LogP contribution in [0.1, 0.15) is 36.2 Å². The van der Waals surface area contributed by atoms with Gasteiger partial charge in [0.15, 0.2) is 0 Å². The lowest BCUT2D eigenvalue weighted by molar-refractivity contribution is -0.139. The topological polar surface area (TPSA) is 97.0 Å². The maximum absolute atomic E-state index is 11.4. The number of rotatable bonds is 4. The zero-order chi connectivity index (χ0) is 12.1. The fraction of sp³-hybridized carbons (Fsp3) is 0.556. The third-order valence-corrected chi connectivity index (χ3v) is 1.87. The molecule has 0 atom stereocenters. The zero-order valence-electron chi connectivity index (χ0n) is 9.40. The third kappa shape index (κ3) is 3.04. The molecule has 0 saturated carbocycles. The second-order valence-electron chi connectivity index (χ2n) is 3.46. The molecule has 0 bridgehead atoms. The van der Waals surface area contributed by atoms with E-state index < -0.39 is 11.9 Å². The molecule has 0 radical (unpaired) electrons. The smallest absolute Gasteiger partial charge is 0.325 e. The van der Waals surface area contributed by atoms with Crippen LogP contribution in [-0.2, 0) is 9.53 Å². The lowest BCUT2D eigenvalue weighted by Gasteiger charge is -1.99. The van der Waals surface area contributed by atoms with Crippen LogP contribution >= 0.6 is 0 Å². The minimum absolute atomic E-state index is 0.0209. The Kier molecular flexibility index (Phi) is 3.98. The van der Waals surface area contributed by atoms with Crippen molar-refractivity contribution in [2.75, 3.05) is 13.7 Å². The van der Waals surface area contributed by atoms with Crippen LogP contribution in [0.15, 0.2) is 0 Å². The van der Waals surface area contributed by atoms with Crippen LogP contribution in [0, 0.1) is 0 Å². The Labute approximate surface area is 92.6 Å². The minimum atomic E-state index is -0.520. The summed E-state index contributed by atoms with van der Waals surface area (Å²) in [5, 5.41) is 8.73. The Morgan fingerprint density at radius 3 is 2.69 bits per heavy atom. The highest BCUT2D eigenvalue weighted by Crippen LogP contribution is 2.07. The van der Waals surface area contributed by atoms with Gasteiger partial charge < -0.3 is 10.1 Å². The second-order valence-corrected chi connectivity index (χ2v) is 3.46. The van der Waals surface area contributed by atoms with E-state index in [2.05, 4.69) is 25.2 Å². The maximum Gasteiger partial charge on any atom is 0.325 e. The van der Waals surface area contributed by atoms with Gasteiger partial charge in [-0.05, 0) is 0 Å². The van der Waals surface area contributed by atoms with E-state index in [4.69, 9.17) is 0 Å². The van der Waals surface area contributed by atoms with Gasteiger partial charge >= 0.3 is 5.97 Å². The Hall–Kier alpha value is -1.92. The summed E-state index contributed by atoms with van der Waals surface area (Å²) in [6.45, 7) is 3.66. The normalized spacial score (nSPS) is 10.2. The van der Waals surface area contributed by atoms with E-state index in [9.17, 15) is 9.59 Å². The standard InChI is InChI=1S/C9H14N4O3/c1-5(2)7-11-8(13-12-7)9(15)10-4-6(14)16-3/h5H,4H2,1-3H3,(H,10,15)(H,11,12,13). The number of hydrogen-bond donors (Lipinski definition) is 2. The molecule has 1 aromatic rings. The molecule has 0 aromatic carbocycles. The predicted molar refractivity (Wildman–Crippen MR) is 54.8 cm³/mol. The molecule has 88 valence electrons. The average molecular weight is 226 g/mol. The van der Waals surface area contributed by atoms with Crippen LogP contribution in [-0.4, -0.2) is 40.7 Å². The first kappa shape index (κ1) is 12.2. The fourth-order valence-electron chi connectivity index (χ4n) is 0.938. The fourth-order valence-corrected chi connectivity index (χ4v) is 0.938. The molecule has 0 saturated heterocycles. The maximum atomic E-state index is 11.4. The molecule has 1 amide bonds. The van der Waals surface area contributed by atoms with Crippen LogP contribution in [0.3, 0.4) is 0 Å². The molecule has 0 spiro atoms. The molecule has 2 N–H and O–H groups in total. The van der Waals surface area contributed by atoms with E-state index in [0.29, 0.717) is 5.82 Å². The Balaban J connectivity index is 2.56. The summed E-state index contributed by atoms with van der Waals surface area (Å²) in [6, 6.07) is 0. The molecule has 0 aliphatic carbocycles. The van der Waals surface area contributed by atoms with Gasteiger partial charge in [-0.1, -0.05) is 13.8 Å². The third-order valence-electron chi connectivity index (χ3n) is 1.87. The van der Waals surface area contributed by atoms with Gasteiger partial charge in [-0.15, -0.1) is 5.10 Å². The Morgan fingerprint density at radius 1 is 1.50 bits per heavy atom. The van der Waals surface area contributed by atoms with Crippen molar-refractivity contribution in [3.8, 4) is 0 Å². The van der Waals surface area contributed by atoms with E-state index in [0.717, 1.165) is 0 Å². The molecular weight excluding hydrogens is 212 g/mol. The molecule has 1 aromatic heterocycles. The molecule has 1 rings (SSSR count). The van der Waals surface area contributed by atoms with Crippen molar-refractivity contribution in [2.24, 2.45) is 0 Å². The quantitative estimate of drug-likeness (QED) is 0.695. The lowest BCUT2D eigenvalue weighted by Crippen LogP contribution is -2.30. The summed E-state index contributed by atoms with van der Waals surface area (Å²) in [4.78, 5) is 26.2. The van der Waals surface area contributed by atoms with Crippen molar-refractivity contribution in [1.82, 2.24) is 20.5 Å². The van der Waals surface area contributed by atoms with E-state index >= 15 is 0 Å². The number of esters is 1. The van der Waals surface area contributed by atoms with Gasteiger partial charge in [0.25, 0.3) is 5.91 Å². The van der Waals surface area contributed by atoms with Crippen molar-refractivity contribution in [3.63, 3.8) is 0 Å². The Morgan fingerprint density at radius 2 is 2.19 bits per heavy atom. The van der Waals surface area contributed by atoms with Gasteiger partial charge in [-0.3, -0.25) is 14.7 Å². The number of methoxy groups -OCH3 is 1. The summed E-state index contributed by atoms with van der Waals surface area (Å²) in [6.07, 6.45) is 0. The SMILES string of the molecule is COC(=O)CNC(=O)c1n[nH]c(C(C)C)n1. The van der Waals surface area contributed by atoms with Crippen LogP contribution in [0.5, 0.6) is 0 Å². The molecule has 16 heavy (non-hydrogen) atoms. The summed E-state index contributed by atoms with van der Waals surface area (Å²) in [7, 11) is 1.25. The number of hydrogen-bond acceptors (Lipinski definition) is 5. The average Bonchev–Trinajstić information content (AvgIpc) is 2.74. The van der Waals surface area contributed by atoms with Gasteiger partial charge in [-0.25, -0.2) is 4.98 Å². The number of ether oxygens (including phenoxy) is 1. The van der Waals surface area contributed by atoms with Crippen LogP contribution < -0.4 is 5.32 Å². The molecule has 1 heterocycles. The van der Waals surface area contributed by atoms with E-state index in [1.807, 2.05) is 13.8 Å². The second kappa shape index (κ2) is 5.24. The van der Waals surface area contributed by atoms with Gasteiger partial charge in [0.1, 0.15) is 12.4 Å². The Bertz CT molecular complexity index is 386. The van der Waals surface area contributed by atoms with E-state index in [-0.39, 0.29) is 18.3 Å². The van der Waals surface area contributed by atoms with Crippen LogP contribution in [0.2, 0.25) is 0 Å². The molecular formula is C9H14N4O3. The first-order valence-electron chi connectivity index (χ1n) is 4.82. The summed E-state index contributed by atoms with van der Waals surface area (Å²) < 4.78 is 4.38. The molecule has 7 heteroatoms. The molecule has 0 fully saturated rings. The summed E-state index contributed by atoms with van der Waals surface area (Å²) >= 11 is 0.